The highest BCUT2D eigenvalue weighted by molar-refractivity contribution is 5.92. The Balaban J connectivity index is 2.26. The van der Waals surface area contributed by atoms with Gasteiger partial charge in [0.05, 0.1) is 0 Å². The molecule has 1 N–H and O–H groups in total. The first-order valence-corrected chi connectivity index (χ1v) is 4.35. The molecule has 1 aliphatic rings. The lowest BCUT2D eigenvalue weighted by atomic mass is 10.2. The highest BCUT2D eigenvalue weighted by Crippen LogP contribution is 2.38. The van der Waals surface area contributed by atoms with Crippen LogP contribution in [0, 0.1) is 0 Å². The molecule has 0 radical (unpaired) electrons. The van der Waals surface area contributed by atoms with Gasteiger partial charge in [-0.15, -0.1) is 0 Å². The lowest BCUT2D eigenvalue weighted by Crippen LogP contribution is -2.19. The number of nitrogens with one attached hydrogen (secondary N) is 1. The van der Waals surface area contributed by atoms with Gasteiger partial charge in [0.25, 0.3) is 5.91 Å². The minimum absolute atomic E-state index is 0.149. The van der Waals surface area contributed by atoms with E-state index in [4.69, 9.17) is 0 Å². The van der Waals surface area contributed by atoms with Crippen molar-refractivity contribution in [3.05, 3.63) is 23.8 Å². The molecule has 0 unspecified atom stereocenters. The highest BCUT2D eigenvalue weighted by atomic mass is 16.1. The van der Waals surface area contributed by atoms with Crippen molar-refractivity contribution in [1.29, 1.82) is 0 Å². The second-order valence-electron chi connectivity index (χ2n) is 3.18. The number of hydrogen-bond donors (Lipinski definition) is 1. The average molecular weight is 177 g/mol. The smallest absolute Gasteiger partial charge is 0.269 e. The Morgan fingerprint density at radius 2 is 2.31 bits per heavy atom. The molecule has 0 atom stereocenters. The maximum Gasteiger partial charge on any atom is 0.269 e. The zero-order valence-corrected chi connectivity index (χ0v) is 7.45. The number of hydrogen-bond acceptors (Lipinski definition) is 3. The molecule has 2 rings (SSSR count). The second kappa shape index (κ2) is 3.12. The van der Waals surface area contributed by atoms with E-state index in [1.54, 1.807) is 13.1 Å². The van der Waals surface area contributed by atoms with Crippen molar-refractivity contribution in [2.24, 2.45) is 0 Å². The van der Waals surface area contributed by atoms with Gasteiger partial charge in [-0.3, -0.25) is 4.79 Å². The lowest BCUT2D eigenvalue weighted by Gasteiger charge is -2.00. The number of amides is 1. The van der Waals surface area contributed by atoms with Gasteiger partial charge in [-0.25, -0.2) is 9.97 Å². The highest BCUT2D eigenvalue weighted by Gasteiger charge is 2.25. The number of nitrogens with zero attached hydrogens (tertiary/aromatic N) is 2. The van der Waals surface area contributed by atoms with Crippen molar-refractivity contribution in [3.63, 3.8) is 0 Å². The third-order valence-corrected chi connectivity index (χ3v) is 2.14. The van der Waals surface area contributed by atoms with Crippen molar-refractivity contribution in [2.45, 2.75) is 18.8 Å². The minimum Gasteiger partial charge on any atom is -0.354 e. The number of aromatic nitrogens is 2. The van der Waals surface area contributed by atoms with Crippen molar-refractivity contribution in [1.82, 2.24) is 15.3 Å². The van der Waals surface area contributed by atoms with E-state index in [1.807, 2.05) is 0 Å². The molecular formula is C9H11N3O. The first-order valence-electron chi connectivity index (χ1n) is 4.35. The fourth-order valence-corrected chi connectivity index (χ4v) is 1.23. The van der Waals surface area contributed by atoms with Crippen LogP contribution in [0.3, 0.4) is 0 Å². The van der Waals surface area contributed by atoms with Crippen LogP contribution in [-0.4, -0.2) is 22.9 Å². The summed E-state index contributed by atoms with van der Waals surface area (Å²) in [4.78, 5) is 19.2. The molecule has 4 nitrogen and oxygen atoms in total. The third-order valence-electron chi connectivity index (χ3n) is 2.14. The predicted molar refractivity (Wildman–Crippen MR) is 47.4 cm³/mol. The molecule has 0 saturated heterocycles. The molecule has 1 aromatic heterocycles. The molecule has 0 aromatic carbocycles. The summed E-state index contributed by atoms with van der Waals surface area (Å²) in [6.07, 6.45) is 3.83. The fraction of sp³-hybridized carbons (Fsp3) is 0.444. The molecule has 1 heterocycles. The van der Waals surface area contributed by atoms with Crippen molar-refractivity contribution < 1.29 is 4.79 Å². The topological polar surface area (TPSA) is 54.9 Å². The zero-order chi connectivity index (χ0) is 9.26. The van der Waals surface area contributed by atoms with Crippen LogP contribution in [0.5, 0.6) is 0 Å². The number of carbonyl (C=O) groups excluding carboxylic acids is 1. The Kier molecular flexibility index (Phi) is 1.96. The monoisotopic (exact) mass is 177 g/mol. The summed E-state index contributed by atoms with van der Waals surface area (Å²) in [6.45, 7) is 0. The van der Waals surface area contributed by atoms with Crippen LogP contribution in [0.2, 0.25) is 0 Å². The van der Waals surface area contributed by atoms with Gasteiger partial charge in [0.1, 0.15) is 12.0 Å². The fourth-order valence-electron chi connectivity index (χ4n) is 1.23. The molecule has 13 heavy (non-hydrogen) atoms. The van der Waals surface area contributed by atoms with Crippen LogP contribution in [-0.2, 0) is 0 Å². The number of rotatable bonds is 2. The standard InChI is InChI=1S/C9H11N3O/c1-10-9(13)8-4-7(6-2-3-6)11-5-12-8/h4-6H,2-3H2,1H3,(H,10,13). The van der Waals surface area contributed by atoms with E-state index in [1.165, 1.54) is 19.2 Å². The molecule has 1 aromatic rings. The van der Waals surface area contributed by atoms with Crippen LogP contribution >= 0.6 is 0 Å². The maximum absolute atomic E-state index is 11.2. The molecule has 68 valence electrons. The lowest BCUT2D eigenvalue weighted by molar-refractivity contribution is 0.0958. The van der Waals surface area contributed by atoms with E-state index in [0.717, 1.165) is 5.69 Å². The Morgan fingerprint density at radius 3 is 2.92 bits per heavy atom. The molecule has 0 bridgehead atoms. The zero-order valence-electron chi connectivity index (χ0n) is 7.45. The second-order valence-corrected chi connectivity index (χ2v) is 3.18. The van der Waals surface area contributed by atoms with Gasteiger partial charge in [0, 0.05) is 18.7 Å². The third kappa shape index (κ3) is 1.66. The molecule has 1 fully saturated rings. The molecular weight excluding hydrogens is 166 g/mol. The summed E-state index contributed by atoms with van der Waals surface area (Å²) in [5, 5.41) is 2.54. The summed E-state index contributed by atoms with van der Waals surface area (Å²) in [7, 11) is 1.60. The van der Waals surface area contributed by atoms with Gasteiger partial charge >= 0.3 is 0 Å². The Labute approximate surface area is 76.4 Å². The SMILES string of the molecule is CNC(=O)c1cc(C2CC2)ncn1. The van der Waals surface area contributed by atoms with Crippen molar-refractivity contribution in [2.75, 3.05) is 7.05 Å². The maximum atomic E-state index is 11.2. The summed E-state index contributed by atoms with van der Waals surface area (Å²) in [5.74, 6) is 0.413. The van der Waals surface area contributed by atoms with Gasteiger partial charge in [-0.2, -0.15) is 0 Å². The van der Waals surface area contributed by atoms with Gasteiger partial charge < -0.3 is 5.32 Å². The largest absolute Gasteiger partial charge is 0.354 e. The van der Waals surface area contributed by atoms with Crippen LogP contribution in [0.1, 0.15) is 34.9 Å². The van der Waals surface area contributed by atoms with E-state index < -0.39 is 0 Å². The molecule has 4 heteroatoms. The summed E-state index contributed by atoms with van der Waals surface area (Å²) < 4.78 is 0. The van der Waals surface area contributed by atoms with E-state index >= 15 is 0 Å². The first-order chi connectivity index (χ1) is 6.31. The molecule has 1 aliphatic carbocycles. The van der Waals surface area contributed by atoms with Crippen molar-refractivity contribution in [3.8, 4) is 0 Å². The molecule has 0 aliphatic heterocycles. The van der Waals surface area contributed by atoms with Crippen molar-refractivity contribution >= 4 is 5.91 Å². The van der Waals surface area contributed by atoms with Crippen LogP contribution in [0.15, 0.2) is 12.4 Å². The van der Waals surface area contributed by atoms with E-state index in [2.05, 4.69) is 15.3 Å². The molecule has 1 amide bonds. The minimum atomic E-state index is -0.149. The molecule has 1 saturated carbocycles. The predicted octanol–water partition coefficient (Wildman–Crippen LogP) is 0.714. The Bertz CT molecular complexity index is 333. The van der Waals surface area contributed by atoms with Crippen LogP contribution < -0.4 is 5.32 Å². The normalized spacial score (nSPS) is 15.5. The quantitative estimate of drug-likeness (QED) is 0.724. The first kappa shape index (κ1) is 8.16. The van der Waals surface area contributed by atoms with E-state index in [-0.39, 0.29) is 5.91 Å². The van der Waals surface area contributed by atoms with Gasteiger partial charge in [0.15, 0.2) is 0 Å². The summed E-state index contributed by atoms with van der Waals surface area (Å²) in [5.41, 5.74) is 1.45. The van der Waals surface area contributed by atoms with Gasteiger partial charge in [0.2, 0.25) is 0 Å². The summed E-state index contributed by atoms with van der Waals surface area (Å²) >= 11 is 0. The molecule has 0 spiro atoms. The Morgan fingerprint density at radius 1 is 1.54 bits per heavy atom. The van der Waals surface area contributed by atoms with Crippen LogP contribution in [0.25, 0.3) is 0 Å². The van der Waals surface area contributed by atoms with Gasteiger partial charge in [-0.05, 0) is 18.9 Å². The number of carbonyl (C=O) groups is 1. The van der Waals surface area contributed by atoms with E-state index in [0.29, 0.717) is 11.6 Å². The van der Waals surface area contributed by atoms with Crippen LogP contribution in [0.4, 0.5) is 0 Å². The summed E-state index contributed by atoms with van der Waals surface area (Å²) in [6, 6.07) is 1.77. The van der Waals surface area contributed by atoms with E-state index in [9.17, 15) is 4.79 Å². The Hall–Kier alpha value is -1.45. The average Bonchev–Trinajstić information content (AvgIpc) is 3.00. The van der Waals surface area contributed by atoms with Gasteiger partial charge in [-0.1, -0.05) is 0 Å².